The van der Waals surface area contributed by atoms with Crippen LogP contribution in [0.1, 0.15) is 32.0 Å². The Morgan fingerprint density at radius 3 is 2.62 bits per heavy atom. The maximum absolute atomic E-state index is 4.99. The van der Waals surface area contributed by atoms with Gasteiger partial charge in [-0.1, -0.05) is 20.8 Å². The van der Waals surface area contributed by atoms with Gasteiger partial charge in [-0.05, 0) is 6.42 Å². The van der Waals surface area contributed by atoms with E-state index in [-0.39, 0.29) is 0 Å². The van der Waals surface area contributed by atoms with E-state index >= 15 is 0 Å². The first kappa shape index (κ1) is 12.0. The molecular weight excluding hydrogens is 164 g/mol. The highest BCUT2D eigenvalue weighted by Gasteiger charge is 1.99. The normalized spacial score (nSPS) is 8.92. The summed E-state index contributed by atoms with van der Waals surface area (Å²) < 4.78 is 4.99. The Kier molecular flexibility index (Phi) is 7.11. The van der Waals surface area contributed by atoms with E-state index in [2.05, 4.69) is 16.9 Å². The van der Waals surface area contributed by atoms with Crippen LogP contribution in [0.15, 0.2) is 12.5 Å². The minimum atomic E-state index is 0.601. The molecule has 0 unspecified atom stereocenters. The predicted molar refractivity (Wildman–Crippen MR) is 53.5 cm³/mol. The van der Waals surface area contributed by atoms with Crippen LogP contribution in [0.25, 0.3) is 0 Å². The number of aryl methyl sites for hydroxylation is 1. The van der Waals surface area contributed by atoms with Crippen molar-refractivity contribution in [3.05, 3.63) is 23.8 Å². The van der Waals surface area contributed by atoms with Gasteiger partial charge in [0.05, 0.1) is 6.61 Å². The first-order valence-corrected chi connectivity index (χ1v) is 4.65. The van der Waals surface area contributed by atoms with Gasteiger partial charge in [-0.3, -0.25) is 0 Å². The van der Waals surface area contributed by atoms with Crippen LogP contribution in [0, 0.1) is 0 Å². The van der Waals surface area contributed by atoms with Crippen LogP contribution in [0.4, 0.5) is 0 Å². The molecule has 0 saturated carbocycles. The van der Waals surface area contributed by atoms with Gasteiger partial charge in [0.2, 0.25) is 0 Å². The van der Waals surface area contributed by atoms with E-state index in [4.69, 9.17) is 4.74 Å². The lowest BCUT2D eigenvalue weighted by atomic mass is 10.2. The highest BCUT2D eigenvalue weighted by Crippen LogP contribution is 2.04. The van der Waals surface area contributed by atoms with Crippen molar-refractivity contribution < 1.29 is 4.74 Å². The molecule has 0 aliphatic heterocycles. The molecule has 0 aliphatic rings. The molecule has 3 heteroatoms. The molecule has 0 aliphatic carbocycles. The highest BCUT2D eigenvalue weighted by atomic mass is 16.5. The van der Waals surface area contributed by atoms with Gasteiger partial charge in [0.25, 0.3) is 0 Å². The number of rotatable bonds is 3. The largest absolute Gasteiger partial charge is 0.380 e. The smallest absolute Gasteiger partial charge is 0.115 e. The molecule has 0 saturated heterocycles. The molecule has 1 rings (SSSR count). The summed E-state index contributed by atoms with van der Waals surface area (Å²) in [7, 11) is 1.67. The first-order chi connectivity index (χ1) is 6.38. The predicted octanol–water partition coefficient (Wildman–Crippen LogP) is 2.21. The fourth-order valence-corrected chi connectivity index (χ4v) is 0.978. The molecule has 0 bridgehead atoms. The van der Waals surface area contributed by atoms with Crippen molar-refractivity contribution in [1.82, 2.24) is 9.97 Å². The molecule has 0 fully saturated rings. The van der Waals surface area contributed by atoms with Crippen molar-refractivity contribution in [3.8, 4) is 0 Å². The van der Waals surface area contributed by atoms with Gasteiger partial charge in [0.1, 0.15) is 6.33 Å². The van der Waals surface area contributed by atoms with Crippen LogP contribution in [-0.4, -0.2) is 17.1 Å². The van der Waals surface area contributed by atoms with Crippen molar-refractivity contribution in [2.24, 2.45) is 0 Å². The molecule has 0 spiro atoms. The Balaban J connectivity index is 0.000000671. The van der Waals surface area contributed by atoms with E-state index in [1.807, 2.05) is 13.8 Å². The fraction of sp³-hybridized carbons (Fsp3) is 0.600. The number of methoxy groups -OCH3 is 1. The van der Waals surface area contributed by atoms with Crippen LogP contribution >= 0.6 is 0 Å². The third-order valence-corrected chi connectivity index (χ3v) is 1.52. The summed E-state index contributed by atoms with van der Waals surface area (Å²) in [4.78, 5) is 8.05. The lowest BCUT2D eigenvalue weighted by molar-refractivity contribution is 0.183. The molecule has 3 nitrogen and oxygen atoms in total. The van der Waals surface area contributed by atoms with Crippen LogP contribution in [0.3, 0.4) is 0 Å². The van der Waals surface area contributed by atoms with E-state index in [9.17, 15) is 0 Å². The molecule has 13 heavy (non-hydrogen) atoms. The second kappa shape index (κ2) is 7.68. The summed E-state index contributed by atoms with van der Waals surface area (Å²) in [6.45, 7) is 6.67. The molecule has 0 aromatic carbocycles. The van der Waals surface area contributed by atoms with Gasteiger partial charge in [-0.2, -0.15) is 0 Å². The minimum Gasteiger partial charge on any atom is -0.380 e. The fourth-order valence-electron chi connectivity index (χ4n) is 0.978. The van der Waals surface area contributed by atoms with Crippen LogP contribution in [0.2, 0.25) is 0 Å². The summed E-state index contributed by atoms with van der Waals surface area (Å²) >= 11 is 0. The second-order valence-corrected chi connectivity index (χ2v) is 2.28. The monoisotopic (exact) mass is 182 g/mol. The summed E-state index contributed by atoms with van der Waals surface area (Å²) in [5.41, 5.74) is 2.15. The van der Waals surface area contributed by atoms with E-state index < -0.39 is 0 Å². The van der Waals surface area contributed by atoms with Gasteiger partial charge in [-0.15, -0.1) is 0 Å². The van der Waals surface area contributed by atoms with Gasteiger partial charge in [0.15, 0.2) is 0 Å². The number of hydrogen-bond acceptors (Lipinski definition) is 3. The zero-order valence-corrected chi connectivity index (χ0v) is 8.87. The van der Waals surface area contributed by atoms with Crippen LogP contribution in [0.5, 0.6) is 0 Å². The lowest BCUT2D eigenvalue weighted by Gasteiger charge is -2.02. The molecule has 0 N–H and O–H groups in total. The van der Waals surface area contributed by atoms with E-state index in [1.165, 1.54) is 0 Å². The Hall–Kier alpha value is -0.960. The van der Waals surface area contributed by atoms with Crippen molar-refractivity contribution in [3.63, 3.8) is 0 Å². The van der Waals surface area contributed by atoms with Crippen molar-refractivity contribution in [1.29, 1.82) is 0 Å². The molecule has 0 atom stereocenters. The van der Waals surface area contributed by atoms with E-state index in [1.54, 1.807) is 19.6 Å². The summed E-state index contributed by atoms with van der Waals surface area (Å²) in [5.74, 6) is 0. The zero-order valence-electron chi connectivity index (χ0n) is 8.87. The standard InChI is InChI=1S/C8H12N2O.C2H6/c1-3-8-7(5-11-2)4-9-6-10-8;1-2/h4,6H,3,5H2,1-2H3;1-2H3. The quantitative estimate of drug-likeness (QED) is 0.719. The third kappa shape index (κ3) is 3.99. The Labute approximate surface area is 80.2 Å². The summed E-state index contributed by atoms with van der Waals surface area (Å²) in [5, 5.41) is 0. The zero-order chi connectivity index (χ0) is 10.1. The van der Waals surface area contributed by atoms with Crippen molar-refractivity contribution in [2.75, 3.05) is 7.11 Å². The minimum absolute atomic E-state index is 0.601. The van der Waals surface area contributed by atoms with Crippen molar-refractivity contribution in [2.45, 2.75) is 33.8 Å². The van der Waals surface area contributed by atoms with Crippen LogP contribution < -0.4 is 0 Å². The van der Waals surface area contributed by atoms with Gasteiger partial charge in [-0.25, -0.2) is 9.97 Å². The number of hydrogen-bond donors (Lipinski definition) is 0. The second-order valence-electron chi connectivity index (χ2n) is 2.28. The van der Waals surface area contributed by atoms with E-state index in [0.717, 1.165) is 17.7 Å². The molecule has 0 amide bonds. The Morgan fingerprint density at radius 1 is 1.38 bits per heavy atom. The topological polar surface area (TPSA) is 35.0 Å². The summed E-state index contributed by atoms with van der Waals surface area (Å²) in [6, 6.07) is 0. The molecule has 0 radical (unpaired) electrons. The van der Waals surface area contributed by atoms with E-state index in [0.29, 0.717) is 6.61 Å². The average Bonchev–Trinajstić information content (AvgIpc) is 2.22. The average molecular weight is 182 g/mol. The Bertz CT molecular complexity index is 226. The molecule has 1 aromatic rings. The highest BCUT2D eigenvalue weighted by molar-refractivity contribution is 5.14. The Morgan fingerprint density at radius 2 is 2.08 bits per heavy atom. The summed E-state index contributed by atoms with van der Waals surface area (Å²) in [6.07, 6.45) is 4.30. The van der Waals surface area contributed by atoms with Gasteiger partial charge in [0, 0.05) is 24.6 Å². The molecule has 1 aromatic heterocycles. The maximum Gasteiger partial charge on any atom is 0.115 e. The SMILES string of the molecule is CC.CCc1ncncc1COC. The number of ether oxygens (including phenoxy) is 1. The van der Waals surface area contributed by atoms with Crippen molar-refractivity contribution >= 4 is 0 Å². The molecule has 1 heterocycles. The van der Waals surface area contributed by atoms with Crippen LogP contribution in [-0.2, 0) is 17.8 Å². The molecule has 74 valence electrons. The van der Waals surface area contributed by atoms with Gasteiger partial charge < -0.3 is 4.74 Å². The first-order valence-electron chi connectivity index (χ1n) is 4.65. The molecular formula is C10H18N2O. The number of aromatic nitrogens is 2. The third-order valence-electron chi connectivity index (χ3n) is 1.52. The number of nitrogens with zero attached hydrogens (tertiary/aromatic N) is 2. The lowest BCUT2D eigenvalue weighted by Crippen LogP contribution is -1.98. The van der Waals surface area contributed by atoms with Gasteiger partial charge >= 0.3 is 0 Å². The maximum atomic E-state index is 4.99.